The van der Waals surface area contributed by atoms with Gasteiger partial charge in [0.15, 0.2) is 5.78 Å². The number of hydrogen-bond acceptors (Lipinski definition) is 3. The number of phenols is 1. The Morgan fingerprint density at radius 3 is 2.75 bits per heavy atom. The van der Waals surface area contributed by atoms with Gasteiger partial charge in [0.25, 0.3) is 0 Å². The number of halogens is 1. The molecule has 0 spiro atoms. The van der Waals surface area contributed by atoms with E-state index in [9.17, 15) is 4.79 Å². The highest BCUT2D eigenvalue weighted by molar-refractivity contribution is 6.32. The third-order valence-corrected chi connectivity index (χ3v) is 1.76. The van der Waals surface area contributed by atoms with Crippen LogP contribution in [0, 0.1) is 0 Å². The summed E-state index contributed by atoms with van der Waals surface area (Å²) in [6.45, 7) is -0.0545. The smallest absolute Gasteiger partial charge is 0.176 e. The van der Waals surface area contributed by atoms with Gasteiger partial charge in [-0.05, 0) is 18.2 Å². The summed E-state index contributed by atoms with van der Waals surface area (Å²) in [5.74, 6) is -0.234. The molecule has 0 atom stereocenters. The first kappa shape index (κ1) is 9.03. The molecule has 0 aromatic heterocycles. The van der Waals surface area contributed by atoms with Crippen LogP contribution in [-0.2, 0) is 0 Å². The minimum absolute atomic E-state index is 0.0368. The molecular formula is C8H8ClNO2. The van der Waals surface area contributed by atoms with Crippen molar-refractivity contribution in [3.63, 3.8) is 0 Å². The molecule has 0 aliphatic rings. The lowest BCUT2D eigenvalue weighted by atomic mass is 10.1. The zero-order chi connectivity index (χ0) is 9.14. The number of ketones is 1. The Kier molecular flexibility index (Phi) is 2.68. The minimum Gasteiger partial charge on any atom is -0.506 e. The number of Topliss-reactive ketones (excluding diaryl/α,β-unsaturated/α-hetero) is 1. The fraction of sp³-hybridized carbons (Fsp3) is 0.125. The average Bonchev–Trinajstić information content (AvgIpc) is 2.08. The van der Waals surface area contributed by atoms with Crippen molar-refractivity contribution in [2.45, 2.75) is 0 Å². The first-order chi connectivity index (χ1) is 5.65. The molecule has 0 fully saturated rings. The molecule has 1 rings (SSSR count). The second-order valence-electron chi connectivity index (χ2n) is 2.29. The predicted octanol–water partition coefficient (Wildman–Crippen LogP) is 1.19. The Bertz CT molecular complexity index is 312. The van der Waals surface area contributed by atoms with Crippen molar-refractivity contribution < 1.29 is 9.90 Å². The van der Waals surface area contributed by atoms with Crippen LogP contribution in [0.15, 0.2) is 18.2 Å². The van der Waals surface area contributed by atoms with Gasteiger partial charge in [-0.25, -0.2) is 0 Å². The molecule has 0 aliphatic carbocycles. The van der Waals surface area contributed by atoms with Gasteiger partial charge in [0.2, 0.25) is 0 Å². The van der Waals surface area contributed by atoms with E-state index in [0.29, 0.717) is 5.56 Å². The Morgan fingerprint density at radius 1 is 1.58 bits per heavy atom. The minimum atomic E-state index is -0.197. The lowest BCUT2D eigenvalue weighted by molar-refractivity contribution is 0.100. The van der Waals surface area contributed by atoms with Gasteiger partial charge in [0.1, 0.15) is 5.75 Å². The van der Waals surface area contributed by atoms with Gasteiger partial charge in [0, 0.05) is 5.56 Å². The van der Waals surface area contributed by atoms with E-state index in [2.05, 4.69) is 0 Å². The maximum Gasteiger partial charge on any atom is 0.176 e. The van der Waals surface area contributed by atoms with Crippen LogP contribution in [0.4, 0.5) is 0 Å². The molecule has 12 heavy (non-hydrogen) atoms. The first-order valence-corrected chi connectivity index (χ1v) is 3.74. The molecule has 1 aromatic carbocycles. The van der Waals surface area contributed by atoms with Crippen LogP contribution >= 0.6 is 11.6 Å². The molecular weight excluding hydrogens is 178 g/mol. The van der Waals surface area contributed by atoms with Gasteiger partial charge in [0.05, 0.1) is 11.6 Å². The van der Waals surface area contributed by atoms with Gasteiger partial charge in [-0.15, -0.1) is 0 Å². The summed E-state index contributed by atoms with van der Waals surface area (Å²) in [7, 11) is 0. The van der Waals surface area contributed by atoms with Crippen molar-refractivity contribution >= 4 is 17.4 Å². The van der Waals surface area contributed by atoms with E-state index < -0.39 is 0 Å². The maximum atomic E-state index is 11.0. The van der Waals surface area contributed by atoms with E-state index in [0.717, 1.165) is 0 Å². The normalized spacial score (nSPS) is 9.83. The van der Waals surface area contributed by atoms with Crippen molar-refractivity contribution in [3.05, 3.63) is 28.8 Å². The van der Waals surface area contributed by atoms with Gasteiger partial charge in [-0.2, -0.15) is 0 Å². The van der Waals surface area contributed by atoms with E-state index in [1.54, 1.807) is 0 Å². The Balaban J connectivity index is 3.05. The van der Waals surface area contributed by atoms with E-state index in [1.165, 1.54) is 18.2 Å². The molecule has 3 N–H and O–H groups in total. The molecule has 0 unspecified atom stereocenters. The first-order valence-electron chi connectivity index (χ1n) is 3.37. The number of aromatic hydroxyl groups is 1. The van der Waals surface area contributed by atoms with Gasteiger partial charge in [-0.3, -0.25) is 4.79 Å². The lowest BCUT2D eigenvalue weighted by Gasteiger charge is -1.99. The number of hydrogen-bond donors (Lipinski definition) is 2. The van der Waals surface area contributed by atoms with Crippen LogP contribution in [-0.4, -0.2) is 17.4 Å². The lowest BCUT2D eigenvalue weighted by Crippen LogP contribution is -2.13. The Labute approximate surface area is 74.8 Å². The molecule has 1 aromatic rings. The largest absolute Gasteiger partial charge is 0.506 e. The quantitative estimate of drug-likeness (QED) is 0.681. The monoisotopic (exact) mass is 185 g/mol. The highest BCUT2D eigenvalue weighted by Gasteiger charge is 2.05. The number of carbonyl (C=O) groups excluding carboxylic acids is 1. The zero-order valence-electron chi connectivity index (χ0n) is 6.25. The molecule has 0 bridgehead atoms. The summed E-state index contributed by atoms with van der Waals surface area (Å²) in [4.78, 5) is 11.0. The summed E-state index contributed by atoms with van der Waals surface area (Å²) in [6, 6.07) is 4.24. The van der Waals surface area contributed by atoms with E-state index in [4.69, 9.17) is 22.4 Å². The van der Waals surface area contributed by atoms with Crippen molar-refractivity contribution in [3.8, 4) is 5.75 Å². The Morgan fingerprint density at radius 2 is 2.25 bits per heavy atom. The third-order valence-electron chi connectivity index (χ3n) is 1.46. The zero-order valence-corrected chi connectivity index (χ0v) is 7.01. The van der Waals surface area contributed by atoms with Gasteiger partial charge < -0.3 is 10.8 Å². The van der Waals surface area contributed by atoms with Crippen molar-refractivity contribution in [1.29, 1.82) is 0 Å². The highest BCUT2D eigenvalue weighted by Crippen LogP contribution is 2.23. The molecule has 3 nitrogen and oxygen atoms in total. The van der Waals surface area contributed by atoms with Gasteiger partial charge in [-0.1, -0.05) is 11.6 Å². The van der Waals surface area contributed by atoms with Crippen LogP contribution in [0.2, 0.25) is 5.02 Å². The summed E-state index contributed by atoms with van der Waals surface area (Å²) in [5, 5.41) is 9.19. The number of phenolic OH excluding ortho intramolecular Hbond substituents is 1. The van der Waals surface area contributed by atoms with E-state index in [-0.39, 0.29) is 23.1 Å². The van der Waals surface area contributed by atoms with Crippen LogP contribution in [0.25, 0.3) is 0 Å². The van der Waals surface area contributed by atoms with Crippen molar-refractivity contribution in [2.24, 2.45) is 5.73 Å². The predicted molar refractivity (Wildman–Crippen MR) is 46.5 cm³/mol. The summed E-state index contributed by atoms with van der Waals surface area (Å²) in [5.41, 5.74) is 5.55. The molecule has 0 radical (unpaired) electrons. The molecule has 0 saturated heterocycles. The van der Waals surface area contributed by atoms with E-state index in [1.807, 2.05) is 0 Å². The number of rotatable bonds is 2. The molecule has 64 valence electrons. The van der Waals surface area contributed by atoms with Crippen LogP contribution in [0.5, 0.6) is 5.75 Å². The topological polar surface area (TPSA) is 63.3 Å². The van der Waals surface area contributed by atoms with Crippen molar-refractivity contribution in [2.75, 3.05) is 6.54 Å². The second kappa shape index (κ2) is 3.56. The third kappa shape index (κ3) is 1.75. The fourth-order valence-corrected chi connectivity index (χ4v) is 0.979. The molecule has 4 heteroatoms. The second-order valence-corrected chi connectivity index (χ2v) is 2.70. The van der Waals surface area contributed by atoms with Crippen LogP contribution in [0.1, 0.15) is 10.4 Å². The van der Waals surface area contributed by atoms with Crippen molar-refractivity contribution in [1.82, 2.24) is 0 Å². The molecule has 0 amide bonds. The average molecular weight is 186 g/mol. The van der Waals surface area contributed by atoms with E-state index >= 15 is 0 Å². The molecule has 0 heterocycles. The molecule has 0 aliphatic heterocycles. The van der Waals surface area contributed by atoms with Crippen LogP contribution in [0.3, 0.4) is 0 Å². The van der Waals surface area contributed by atoms with Gasteiger partial charge >= 0.3 is 0 Å². The SMILES string of the molecule is NCC(=O)c1ccc(O)c(Cl)c1. The Hall–Kier alpha value is -1.06. The summed E-state index contributed by atoms with van der Waals surface area (Å²) >= 11 is 5.57. The number of carbonyl (C=O) groups is 1. The number of nitrogens with two attached hydrogens (primary N) is 1. The molecule has 0 saturated carbocycles. The highest BCUT2D eigenvalue weighted by atomic mass is 35.5. The van der Waals surface area contributed by atoms with Crippen LogP contribution < -0.4 is 5.73 Å². The maximum absolute atomic E-state index is 11.0. The standard InChI is InChI=1S/C8H8ClNO2/c9-6-3-5(8(12)4-10)1-2-7(6)11/h1-3,11H,4,10H2. The summed E-state index contributed by atoms with van der Waals surface area (Å²) < 4.78 is 0. The summed E-state index contributed by atoms with van der Waals surface area (Å²) in [6.07, 6.45) is 0. The number of benzene rings is 1. The fourth-order valence-electron chi connectivity index (χ4n) is 0.798.